The molecule has 1 atom stereocenters. The molecule has 2 amide bonds. The van der Waals surface area contributed by atoms with Crippen molar-refractivity contribution in [3.8, 4) is 0 Å². The third-order valence-corrected chi connectivity index (χ3v) is 3.80. The van der Waals surface area contributed by atoms with Gasteiger partial charge in [-0.2, -0.15) is 0 Å². The Hall–Kier alpha value is -0.970. The molecule has 1 heterocycles. The van der Waals surface area contributed by atoms with E-state index in [1.165, 1.54) is 4.90 Å². The van der Waals surface area contributed by atoms with E-state index in [0.29, 0.717) is 18.8 Å². The molecular weight excluding hydrogens is 236 g/mol. The summed E-state index contributed by atoms with van der Waals surface area (Å²) in [6.07, 6.45) is 1.95. The molecule has 1 aliphatic rings. The van der Waals surface area contributed by atoms with E-state index in [9.17, 15) is 9.59 Å². The maximum Gasteiger partial charge on any atom is 0.244 e. The summed E-state index contributed by atoms with van der Waals surface area (Å²) in [6, 6.07) is 0. The molecule has 96 valence electrons. The average Bonchev–Trinajstić information content (AvgIpc) is 2.27. The van der Waals surface area contributed by atoms with Gasteiger partial charge in [0.15, 0.2) is 5.11 Å². The maximum absolute atomic E-state index is 12.3. The predicted octanol–water partition coefficient (Wildman–Crippen LogP) is 1.69. The number of amides is 2. The van der Waals surface area contributed by atoms with E-state index in [1.807, 2.05) is 6.92 Å². The Morgan fingerprint density at radius 1 is 1.41 bits per heavy atom. The first kappa shape index (κ1) is 14.1. The molecule has 17 heavy (non-hydrogen) atoms. The molecule has 1 saturated heterocycles. The van der Waals surface area contributed by atoms with Gasteiger partial charge in [0.25, 0.3) is 0 Å². The quantitative estimate of drug-likeness (QED) is 0.615. The summed E-state index contributed by atoms with van der Waals surface area (Å²) in [5, 5.41) is 2.83. The lowest BCUT2D eigenvalue weighted by atomic mass is 9.76. The number of thiocarbonyl (C=S) groups is 1. The van der Waals surface area contributed by atoms with Crippen LogP contribution < -0.4 is 5.32 Å². The van der Waals surface area contributed by atoms with Crippen LogP contribution in [0.5, 0.6) is 0 Å². The van der Waals surface area contributed by atoms with E-state index < -0.39 is 5.41 Å². The molecule has 0 unspecified atom stereocenters. The molecule has 0 bridgehead atoms. The van der Waals surface area contributed by atoms with Crippen molar-refractivity contribution in [2.75, 3.05) is 7.05 Å². The van der Waals surface area contributed by atoms with Crippen LogP contribution >= 0.6 is 12.2 Å². The summed E-state index contributed by atoms with van der Waals surface area (Å²) < 4.78 is 0. The molecule has 1 aliphatic heterocycles. The standard InChI is InChI=1S/C12H20N2O2S/c1-5-12(7-6-8(2)3)9(15)13-11(17)14(4)10(12)16/h8H,5-7H2,1-4H3,(H,13,15,17)/t12-/m0/s1. The van der Waals surface area contributed by atoms with Gasteiger partial charge in [0.2, 0.25) is 11.8 Å². The minimum absolute atomic E-state index is 0.172. The third-order valence-electron chi connectivity index (χ3n) is 3.43. The molecule has 0 saturated carbocycles. The average molecular weight is 256 g/mol. The van der Waals surface area contributed by atoms with E-state index in [1.54, 1.807) is 7.05 Å². The summed E-state index contributed by atoms with van der Waals surface area (Å²) in [5.74, 6) is 0.0568. The zero-order valence-corrected chi connectivity index (χ0v) is 11.7. The van der Waals surface area contributed by atoms with Gasteiger partial charge in [-0.15, -0.1) is 0 Å². The monoisotopic (exact) mass is 256 g/mol. The van der Waals surface area contributed by atoms with Crippen LogP contribution in [0.2, 0.25) is 0 Å². The highest BCUT2D eigenvalue weighted by atomic mass is 32.1. The van der Waals surface area contributed by atoms with Gasteiger partial charge < -0.3 is 5.32 Å². The van der Waals surface area contributed by atoms with Crippen LogP contribution in [-0.4, -0.2) is 28.9 Å². The van der Waals surface area contributed by atoms with Gasteiger partial charge >= 0.3 is 0 Å². The van der Waals surface area contributed by atoms with Gasteiger partial charge in [0, 0.05) is 7.05 Å². The minimum Gasteiger partial charge on any atom is -0.302 e. The molecule has 0 spiro atoms. The zero-order valence-electron chi connectivity index (χ0n) is 10.9. The van der Waals surface area contributed by atoms with Crippen molar-refractivity contribution in [3.63, 3.8) is 0 Å². The summed E-state index contributed by atoms with van der Waals surface area (Å²) in [6.45, 7) is 6.05. The maximum atomic E-state index is 12.3. The van der Waals surface area contributed by atoms with Crippen molar-refractivity contribution in [2.45, 2.75) is 40.0 Å². The minimum atomic E-state index is -0.929. The number of rotatable bonds is 4. The second kappa shape index (κ2) is 5.12. The molecule has 1 fully saturated rings. The van der Waals surface area contributed by atoms with Crippen molar-refractivity contribution in [1.29, 1.82) is 0 Å². The fraction of sp³-hybridized carbons (Fsp3) is 0.750. The van der Waals surface area contributed by atoms with Gasteiger partial charge in [0.05, 0.1) is 0 Å². The van der Waals surface area contributed by atoms with Crippen LogP contribution in [0.4, 0.5) is 0 Å². The topological polar surface area (TPSA) is 49.4 Å². The van der Waals surface area contributed by atoms with Crippen molar-refractivity contribution >= 4 is 29.1 Å². The largest absolute Gasteiger partial charge is 0.302 e. The van der Waals surface area contributed by atoms with E-state index >= 15 is 0 Å². The summed E-state index contributed by atoms with van der Waals surface area (Å²) >= 11 is 4.94. The third kappa shape index (κ3) is 2.49. The van der Waals surface area contributed by atoms with Gasteiger partial charge in [-0.05, 0) is 37.4 Å². The number of nitrogens with zero attached hydrogens (tertiary/aromatic N) is 1. The van der Waals surface area contributed by atoms with Crippen LogP contribution in [0.25, 0.3) is 0 Å². The molecule has 0 aromatic carbocycles. The van der Waals surface area contributed by atoms with Crippen LogP contribution in [0.15, 0.2) is 0 Å². The number of carbonyl (C=O) groups is 2. The Balaban J connectivity index is 2.98. The zero-order chi connectivity index (χ0) is 13.2. The first-order chi connectivity index (χ1) is 7.85. The van der Waals surface area contributed by atoms with Gasteiger partial charge in [-0.1, -0.05) is 20.8 Å². The SMILES string of the molecule is CC[C@]1(CCC(C)C)C(=O)NC(=S)N(C)C1=O. The molecule has 1 N–H and O–H groups in total. The van der Waals surface area contributed by atoms with Crippen LogP contribution in [0.1, 0.15) is 40.0 Å². The smallest absolute Gasteiger partial charge is 0.244 e. The molecular formula is C12H20N2O2S. The lowest BCUT2D eigenvalue weighted by molar-refractivity contribution is -0.150. The molecule has 0 radical (unpaired) electrons. The highest BCUT2D eigenvalue weighted by molar-refractivity contribution is 7.80. The normalized spacial score (nSPS) is 25.5. The summed E-state index contributed by atoms with van der Waals surface area (Å²) in [5.41, 5.74) is -0.929. The van der Waals surface area contributed by atoms with Gasteiger partial charge in [0.1, 0.15) is 5.41 Å². The number of carbonyl (C=O) groups excluding carboxylic acids is 2. The van der Waals surface area contributed by atoms with Crippen molar-refractivity contribution in [1.82, 2.24) is 10.2 Å². The first-order valence-electron chi connectivity index (χ1n) is 5.98. The Labute approximate surface area is 108 Å². The highest BCUT2D eigenvalue weighted by Crippen LogP contribution is 2.34. The van der Waals surface area contributed by atoms with Crippen molar-refractivity contribution in [2.24, 2.45) is 11.3 Å². The lowest BCUT2D eigenvalue weighted by Crippen LogP contribution is -2.62. The predicted molar refractivity (Wildman–Crippen MR) is 70.3 cm³/mol. The van der Waals surface area contributed by atoms with E-state index in [2.05, 4.69) is 19.2 Å². The summed E-state index contributed by atoms with van der Waals surface area (Å²) in [7, 11) is 1.61. The molecule has 1 rings (SSSR count). The fourth-order valence-electron chi connectivity index (χ4n) is 2.06. The van der Waals surface area contributed by atoms with E-state index in [0.717, 1.165) is 6.42 Å². The Morgan fingerprint density at radius 2 is 2.00 bits per heavy atom. The second-order valence-corrected chi connectivity index (χ2v) is 5.38. The number of nitrogens with one attached hydrogen (secondary N) is 1. The summed E-state index contributed by atoms with van der Waals surface area (Å²) in [4.78, 5) is 25.7. The molecule has 0 aromatic rings. The Kier molecular flexibility index (Phi) is 4.25. The Bertz CT molecular complexity index is 354. The Morgan fingerprint density at radius 3 is 2.47 bits per heavy atom. The first-order valence-corrected chi connectivity index (χ1v) is 6.39. The lowest BCUT2D eigenvalue weighted by Gasteiger charge is -2.39. The van der Waals surface area contributed by atoms with Crippen molar-refractivity contribution in [3.05, 3.63) is 0 Å². The fourth-order valence-corrected chi connectivity index (χ4v) is 2.23. The van der Waals surface area contributed by atoms with Gasteiger partial charge in [-0.3, -0.25) is 14.5 Å². The van der Waals surface area contributed by atoms with Crippen LogP contribution in [-0.2, 0) is 9.59 Å². The number of hydrogen-bond acceptors (Lipinski definition) is 3. The van der Waals surface area contributed by atoms with Crippen molar-refractivity contribution < 1.29 is 9.59 Å². The van der Waals surface area contributed by atoms with Crippen LogP contribution in [0.3, 0.4) is 0 Å². The van der Waals surface area contributed by atoms with E-state index in [4.69, 9.17) is 12.2 Å². The number of hydrogen-bond donors (Lipinski definition) is 1. The van der Waals surface area contributed by atoms with Gasteiger partial charge in [-0.25, -0.2) is 0 Å². The highest BCUT2D eigenvalue weighted by Gasteiger charge is 2.49. The molecule has 5 heteroatoms. The second-order valence-electron chi connectivity index (χ2n) is 4.99. The van der Waals surface area contributed by atoms with Crippen LogP contribution in [0, 0.1) is 11.3 Å². The molecule has 4 nitrogen and oxygen atoms in total. The molecule has 0 aromatic heterocycles. The molecule has 0 aliphatic carbocycles. The van der Waals surface area contributed by atoms with E-state index in [-0.39, 0.29) is 16.9 Å².